The summed E-state index contributed by atoms with van der Waals surface area (Å²) in [5.41, 5.74) is 0.487. The van der Waals surface area contributed by atoms with Crippen molar-refractivity contribution in [2.45, 2.75) is 112 Å². The van der Waals surface area contributed by atoms with Crippen molar-refractivity contribution < 1.29 is 9.53 Å². The predicted octanol–water partition coefficient (Wildman–Crippen LogP) is 7.72. The zero-order chi connectivity index (χ0) is 19.8. The maximum absolute atomic E-state index is 11.4. The SMILES string of the molecule is C=C(C)C(=O)OCCC(C)CCC(C)CC(C)CCCCCCCCC. The minimum atomic E-state index is -0.259. The fourth-order valence-electron chi connectivity index (χ4n) is 3.56. The van der Waals surface area contributed by atoms with Gasteiger partial charge < -0.3 is 4.74 Å². The summed E-state index contributed by atoms with van der Waals surface area (Å²) in [5, 5.41) is 0. The van der Waals surface area contributed by atoms with E-state index in [1.807, 2.05) is 0 Å². The molecular weight excluding hydrogens is 320 g/mol. The molecule has 0 N–H and O–H groups in total. The van der Waals surface area contributed by atoms with Crippen molar-refractivity contribution in [2.24, 2.45) is 17.8 Å². The molecule has 154 valence electrons. The summed E-state index contributed by atoms with van der Waals surface area (Å²) >= 11 is 0. The lowest BCUT2D eigenvalue weighted by Gasteiger charge is -2.19. The third-order valence-corrected chi connectivity index (χ3v) is 5.45. The number of unbranched alkanes of at least 4 members (excludes halogenated alkanes) is 6. The minimum absolute atomic E-state index is 0.259. The van der Waals surface area contributed by atoms with Crippen LogP contribution in [-0.4, -0.2) is 12.6 Å². The predicted molar refractivity (Wildman–Crippen MR) is 114 cm³/mol. The molecule has 0 bridgehead atoms. The minimum Gasteiger partial charge on any atom is -0.462 e. The number of ether oxygens (including phenoxy) is 1. The zero-order valence-electron chi connectivity index (χ0n) is 18.4. The van der Waals surface area contributed by atoms with Crippen LogP contribution in [0.1, 0.15) is 112 Å². The van der Waals surface area contributed by atoms with Crippen LogP contribution in [0.3, 0.4) is 0 Å². The Labute approximate surface area is 164 Å². The van der Waals surface area contributed by atoms with Crippen LogP contribution in [0.25, 0.3) is 0 Å². The first-order chi connectivity index (χ1) is 12.4. The van der Waals surface area contributed by atoms with Crippen molar-refractivity contribution in [1.82, 2.24) is 0 Å². The second-order valence-corrected chi connectivity index (χ2v) is 8.74. The third kappa shape index (κ3) is 15.5. The van der Waals surface area contributed by atoms with E-state index in [1.54, 1.807) is 6.92 Å². The van der Waals surface area contributed by atoms with E-state index < -0.39 is 0 Å². The monoisotopic (exact) mass is 366 g/mol. The Morgan fingerprint density at radius 1 is 0.808 bits per heavy atom. The number of carbonyl (C=O) groups is 1. The second kappa shape index (κ2) is 16.4. The van der Waals surface area contributed by atoms with E-state index in [0.717, 1.165) is 18.3 Å². The average Bonchev–Trinajstić information content (AvgIpc) is 2.59. The summed E-state index contributed by atoms with van der Waals surface area (Å²) in [4.78, 5) is 11.4. The summed E-state index contributed by atoms with van der Waals surface area (Å²) in [7, 11) is 0. The first-order valence-electron chi connectivity index (χ1n) is 11.2. The summed E-state index contributed by atoms with van der Waals surface area (Å²) in [5.74, 6) is 2.01. The number of esters is 1. The van der Waals surface area contributed by atoms with Crippen LogP contribution in [0.15, 0.2) is 12.2 Å². The largest absolute Gasteiger partial charge is 0.462 e. The van der Waals surface area contributed by atoms with Crippen LogP contribution in [-0.2, 0) is 9.53 Å². The van der Waals surface area contributed by atoms with Crippen molar-refractivity contribution in [3.63, 3.8) is 0 Å². The van der Waals surface area contributed by atoms with Gasteiger partial charge in [0.15, 0.2) is 0 Å². The van der Waals surface area contributed by atoms with E-state index in [4.69, 9.17) is 4.74 Å². The smallest absolute Gasteiger partial charge is 0.333 e. The number of carbonyl (C=O) groups excluding carboxylic acids is 1. The Kier molecular flexibility index (Phi) is 15.9. The highest BCUT2D eigenvalue weighted by Crippen LogP contribution is 2.24. The molecule has 2 heteroatoms. The Morgan fingerprint density at radius 3 is 1.96 bits per heavy atom. The second-order valence-electron chi connectivity index (χ2n) is 8.74. The molecule has 26 heavy (non-hydrogen) atoms. The summed E-state index contributed by atoms with van der Waals surface area (Å²) < 4.78 is 5.19. The molecule has 0 radical (unpaired) electrons. The lowest BCUT2D eigenvalue weighted by atomic mass is 9.88. The van der Waals surface area contributed by atoms with Gasteiger partial charge in [-0.1, -0.05) is 98.5 Å². The molecule has 0 saturated heterocycles. The zero-order valence-corrected chi connectivity index (χ0v) is 18.4. The van der Waals surface area contributed by atoms with Gasteiger partial charge in [-0.3, -0.25) is 0 Å². The Balaban J connectivity index is 3.62. The molecule has 0 aromatic carbocycles. The molecule has 0 heterocycles. The molecule has 0 rings (SSSR count). The molecule has 0 aliphatic heterocycles. The number of hydrogen-bond donors (Lipinski definition) is 0. The van der Waals surface area contributed by atoms with E-state index in [-0.39, 0.29) is 5.97 Å². The van der Waals surface area contributed by atoms with Gasteiger partial charge in [-0.05, 0) is 37.5 Å². The number of hydrogen-bond acceptors (Lipinski definition) is 2. The van der Waals surface area contributed by atoms with Crippen molar-refractivity contribution in [3.05, 3.63) is 12.2 Å². The van der Waals surface area contributed by atoms with E-state index in [0.29, 0.717) is 18.1 Å². The summed E-state index contributed by atoms with van der Waals surface area (Å²) in [6, 6.07) is 0. The molecule has 3 atom stereocenters. The molecule has 0 amide bonds. The van der Waals surface area contributed by atoms with Crippen LogP contribution in [0.5, 0.6) is 0 Å². The molecule has 0 aliphatic rings. The van der Waals surface area contributed by atoms with E-state index in [1.165, 1.54) is 70.6 Å². The highest BCUT2D eigenvalue weighted by atomic mass is 16.5. The van der Waals surface area contributed by atoms with Crippen LogP contribution in [0.2, 0.25) is 0 Å². The molecule has 0 fully saturated rings. The van der Waals surface area contributed by atoms with Gasteiger partial charge in [-0.15, -0.1) is 0 Å². The fourth-order valence-corrected chi connectivity index (χ4v) is 3.56. The van der Waals surface area contributed by atoms with E-state index >= 15 is 0 Å². The van der Waals surface area contributed by atoms with Gasteiger partial charge >= 0.3 is 5.97 Å². The van der Waals surface area contributed by atoms with Crippen molar-refractivity contribution in [1.29, 1.82) is 0 Å². The quantitative estimate of drug-likeness (QED) is 0.150. The highest BCUT2D eigenvalue weighted by Gasteiger charge is 2.12. The molecule has 0 aromatic heterocycles. The first kappa shape index (κ1) is 25.2. The van der Waals surface area contributed by atoms with Gasteiger partial charge in [0.2, 0.25) is 0 Å². The van der Waals surface area contributed by atoms with Crippen LogP contribution >= 0.6 is 0 Å². The normalized spacial score (nSPS) is 14.7. The van der Waals surface area contributed by atoms with Gasteiger partial charge in [0.05, 0.1) is 6.61 Å². The molecular formula is C24H46O2. The van der Waals surface area contributed by atoms with Crippen LogP contribution in [0, 0.1) is 17.8 Å². The lowest BCUT2D eigenvalue weighted by molar-refractivity contribution is -0.139. The van der Waals surface area contributed by atoms with Crippen LogP contribution < -0.4 is 0 Å². The maximum atomic E-state index is 11.4. The number of rotatable bonds is 17. The fraction of sp³-hybridized carbons (Fsp3) is 0.875. The van der Waals surface area contributed by atoms with Crippen molar-refractivity contribution in [2.75, 3.05) is 6.61 Å². The summed E-state index contributed by atoms with van der Waals surface area (Å²) in [6.45, 7) is 15.2. The maximum Gasteiger partial charge on any atom is 0.333 e. The van der Waals surface area contributed by atoms with Crippen LogP contribution in [0.4, 0.5) is 0 Å². The van der Waals surface area contributed by atoms with E-state index in [9.17, 15) is 4.79 Å². The third-order valence-electron chi connectivity index (χ3n) is 5.45. The molecule has 2 nitrogen and oxygen atoms in total. The molecule has 0 aromatic rings. The molecule has 0 saturated carbocycles. The Morgan fingerprint density at radius 2 is 1.35 bits per heavy atom. The van der Waals surface area contributed by atoms with Gasteiger partial charge in [0.25, 0.3) is 0 Å². The molecule has 3 unspecified atom stereocenters. The van der Waals surface area contributed by atoms with Gasteiger partial charge in [-0.2, -0.15) is 0 Å². The standard InChI is InChI=1S/C24H46O2/c1-7-8-9-10-11-12-13-14-22(5)19-23(6)16-15-21(4)17-18-26-24(25)20(2)3/h21-23H,2,7-19H2,1,3-6H3. The molecule has 0 aliphatic carbocycles. The van der Waals surface area contributed by atoms with Gasteiger partial charge in [-0.25, -0.2) is 4.79 Å². The lowest BCUT2D eigenvalue weighted by Crippen LogP contribution is -2.10. The van der Waals surface area contributed by atoms with Crippen molar-refractivity contribution >= 4 is 5.97 Å². The molecule has 0 spiro atoms. The topological polar surface area (TPSA) is 26.3 Å². The Bertz CT molecular complexity index is 361. The summed E-state index contributed by atoms with van der Waals surface area (Å²) in [6.07, 6.45) is 16.1. The highest BCUT2D eigenvalue weighted by molar-refractivity contribution is 5.86. The van der Waals surface area contributed by atoms with Gasteiger partial charge in [0.1, 0.15) is 0 Å². The Hall–Kier alpha value is -0.790. The first-order valence-corrected chi connectivity index (χ1v) is 11.2. The van der Waals surface area contributed by atoms with Gasteiger partial charge in [0, 0.05) is 5.57 Å². The average molecular weight is 367 g/mol. The van der Waals surface area contributed by atoms with Crippen molar-refractivity contribution in [3.8, 4) is 0 Å². The van der Waals surface area contributed by atoms with E-state index in [2.05, 4.69) is 34.3 Å².